The maximum Gasteiger partial charge on any atom is 0.243 e. The molecule has 0 saturated heterocycles. The summed E-state index contributed by atoms with van der Waals surface area (Å²) in [6.07, 6.45) is 0.547. The van der Waals surface area contributed by atoms with Gasteiger partial charge in [0.2, 0.25) is 11.8 Å². The van der Waals surface area contributed by atoms with Crippen LogP contribution in [0.3, 0.4) is 0 Å². The molecule has 4 nitrogen and oxygen atoms in total. The lowest BCUT2D eigenvalue weighted by Gasteiger charge is -2.33. The van der Waals surface area contributed by atoms with Gasteiger partial charge < -0.3 is 10.2 Å². The van der Waals surface area contributed by atoms with Crippen molar-refractivity contribution >= 4 is 35.2 Å². The lowest BCUT2D eigenvalue weighted by molar-refractivity contribution is -0.140. The van der Waals surface area contributed by atoms with Gasteiger partial charge in [0.1, 0.15) is 6.04 Å². The Kier molecular flexibility index (Phi) is 8.80. The molecule has 1 atom stereocenters. The number of benzene rings is 2. The van der Waals surface area contributed by atoms with E-state index in [1.807, 2.05) is 83.1 Å². The van der Waals surface area contributed by atoms with Crippen molar-refractivity contribution in [1.82, 2.24) is 10.2 Å². The van der Waals surface area contributed by atoms with Crippen molar-refractivity contribution in [2.45, 2.75) is 64.1 Å². The third-order valence-corrected chi connectivity index (χ3v) is 5.78. The summed E-state index contributed by atoms with van der Waals surface area (Å²) < 4.78 is 0. The van der Waals surface area contributed by atoms with Gasteiger partial charge in [-0.3, -0.25) is 9.59 Å². The van der Waals surface area contributed by atoms with E-state index in [9.17, 15) is 9.59 Å². The van der Waals surface area contributed by atoms with Gasteiger partial charge in [0, 0.05) is 22.0 Å². The SMILES string of the molecule is CC[C@H](C(=O)NC(C)(C)C)N(Cc1ccc(C)cc1)C(=O)CSc1ccc(Cl)cc1. The molecule has 0 radical (unpaired) electrons. The number of thioether (sulfide) groups is 1. The number of hydrogen-bond donors (Lipinski definition) is 1. The van der Waals surface area contributed by atoms with Crippen molar-refractivity contribution in [3.8, 4) is 0 Å². The quantitative estimate of drug-likeness (QED) is 0.547. The zero-order valence-corrected chi connectivity index (χ0v) is 19.9. The predicted molar refractivity (Wildman–Crippen MR) is 126 cm³/mol. The molecule has 0 aliphatic carbocycles. The molecule has 6 heteroatoms. The summed E-state index contributed by atoms with van der Waals surface area (Å²) in [5, 5.41) is 3.69. The zero-order valence-electron chi connectivity index (χ0n) is 18.4. The molecule has 0 saturated carbocycles. The zero-order chi connectivity index (χ0) is 22.3. The fourth-order valence-electron chi connectivity index (χ4n) is 3.02. The lowest BCUT2D eigenvalue weighted by atomic mass is 10.1. The Morgan fingerprint density at radius 2 is 1.67 bits per heavy atom. The van der Waals surface area contributed by atoms with Gasteiger partial charge in [-0.1, -0.05) is 48.4 Å². The average Bonchev–Trinajstić information content (AvgIpc) is 2.67. The van der Waals surface area contributed by atoms with Crippen molar-refractivity contribution in [1.29, 1.82) is 0 Å². The van der Waals surface area contributed by atoms with Crippen LogP contribution in [0.15, 0.2) is 53.4 Å². The van der Waals surface area contributed by atoms with Crippen molar-refractivity contribution in [2.75, 3.05) is 5.75 Å². The summed E-state index contributed by atoms with van der Waals surface area (Å²) in [5.74, 6) is 0.0701. The molecule has 2 amide bonds. The topological polar surface area (TPSA) is 49.4 Å². The number of halogens is 1. The summed E-state index contributed by atoms with van der Waals surface area (Å²) in [7, 11) is 0. The molecule has 2 aromatic carbocycles. The van der Waals surface area contributed by atoms with E-state index >= 15 is 0 Å². The Labute approximate surface area is 189 Å². The number of hydrogen-bond acceptors (Lipinski definition) is 3. The molecule has 30 heavy (non-hydrogen) atoms. The highest BCUT2D eigenvalue weighted by atomic mass is 35.5. The molecule has 0 aliphatic rings. The van der Waals surface area contributed by atoms with Gasteiger partial charge in [0.25, 0.3) is 0 Å². The number of carbonyl (C=O) groups is 2. The molecule has 1 N–H and O–H groups in total. The Hall–Kier alpha value is -1.98. The smallest absolute Gasteiger partial charge is 0.243 e. The fourth-order valence-corrected chi connectivity index (χ4v) is 3.93. The third-order valence-electron chi connectivity index (χ3n) is 4.53. The standard InChI is InChI=1S/C24H31ClN2O2S/c1-6-21(23(29)26-24(3,4)5)27(15-18-9-7-17(2)8-10-18)22(28)16-30-20-13-11-19(25)12-14-20/h7-14,21H,6,15-16H2,1-5H3,(H,26,29)/t21-/m1/s1. The van der Waals surface area contributed by atoms with Gasteiger partial charge in [0.05, 0.1) is 5.75 Å². The van der Waals surface area contributed by atoms with E-state index in [-0.39, 0.29) is 23.1 Å². The molecule has 2 rings (SSSR count). The van der Waals surface area contributed by atoms with Crippen LogP contribution in [0.25, 0.3) is 0 Å². The number of rotatable bonds is 8. The normalized spacial score (nSPS) is 12.3. The fraction of sp³-hybridized carbons (Fsp3) is 0.417. The van der Waals surface area contributed by atoms with Crippen LogP contribution in [0.5, 0.6) is 0 Å². The second-order valence-corrected chi connectivity index (χ2v) is 9.90. The van der Waals surface area contributed by atoms with Crippen LogP contribution in [0.1, 0.15) is 45.2 Å². The van der Waals surface area contributed by atoms with Gasteiger partial charge in [-0.25, -0.2) is 0 Å². The molecule has 0 fully saturated rings. The maximum absolute atomic E-state index is 13.2. The van der Waals surface area contributed by atoms with E-state index in [1.54, 1.807) is 4.90 Å². The summed E-state index contributed by atoms with van der Waals surface area (Å²) in [6, 6.07) is 15.0. The molecule has 0 bridgehead atoms. The molecule has 2 aromatic rings. The van der Waals surface area contributed by atoms with Crippen LogP contribution in [0, 0.1) is 6.92 Å². The van der Waals surface area contributed by atoms with Crippen LogP contribution in [-0.2, 0) is 16.1 Å². The maximum atomic E-state index is 13.2. The van der Waals surface area contributed by atoms with Crippen molar-refractivity contribution in [3.63, 3.8) is 0 Å². The third kappa shape index (κ3) is 7.69. The van der Waals surface area contributed by atoms with Crippen LogP contribution < -0.4 is 5.32 Å². The predicted octanol–water partition coefficient (Wildman–Crippen LogP) is 5.46. The minimum atomic E-state index is -0.524. The lowest BCUT2D eigenvalue weighted by Crippen LogP contribution is -2.53. The van der Waals surface area contributed by atoms with Crippen LogP contribution in [-0.4, -0.2) is 34.0 Å². The van der Waals surface area contributed by atoms with Crippen molar-refractivity contribution < 1.29 is 9.59 Å². The Morgan fingerprint density at radius 1 is 1.07 bits per heavy atom. The molecule has 0 spiro atoms. The Bertz CT molecular complexity index is 845. The van der Waals surface area contributed by atoms with E-state index in [0.717, 1.165) is 16.0 Å². The Morgan fingerprint density at radius 3 is 2.20 bits per heavy atom. The molecule has 0 aliphatic heterocycles. The summed E-state index contributed by atoms with van der Waals surface area (Å²) in [5.41, 5.74) is 1.81. The minimum Gasteiger partial charge on any atom is -0.350 e. The molecule has 0 heterocycles. The molecule has 0 aromatic heterocycles. The van der Waals surface area contributed by atoms with Gasteiger partial charge in [0.15, 0.2) is 0 Å². The van der Waals surface area contributed by atoms with Gasteiger partial charge in [-0.05, 0) is 63.9 Å². The number of aryl methyl sites for hydroxylation is 1. The number of nitrogens with zero attached hydrogens (tertiary/aromatic N) is 1. The first kappa shape index (κ1) is 24.3. The highest BCUT2D eigenvalue weighted by Crippen LogP contribution is 2.22. The molecule has 162 valence electrons. The number of carbonyl (C=O) groups excluding carboxylic acids is 2. The van der Waals surface area contributed by atoms with E-state index in [2.05, 4.69) is 5.32 Å². The number of amides is 2. The van der Waals surface area contributed by atoms with Gasteiger partial charge >= 0.3 is 0 Å². The van der Waals surface area contributed by atoms with Crippen molar-refractivity contribution in [2.24, 2.45) is 0 Å². The minimum absolute atomic E-state index is 0.0635. The van der Waals surface area contributed by atoms with Gasteiger partial charge in [-0.2, -0.15) is 0 Å². The monoisotopic (exact) mass is 446 g/mol. The van der Waals surface area contributed by atoms with Gasteiger partial charge in [-0.15, -0.1) is 11.8 Å². The summed E-state index contributed by atoms with van der Waals surface area (Å²) >= 11 is 7.40. The van der Waals surface area contributed by atoms with Crippen LogP contribution in [0.4, 0.5) is 0 Å². The highest BCUT2D eigenvalue weighted by molar-refractivity contribution is 8.00. The summed E-state index contributed by atoms with van der Waals surface area (Å²) in [6.45, 7) is 10.2. The van der Waals surface area contributed by atoms with E-state index in [0.29, 0.717) is 18.0 Å². The van der Waals surface area contributed by atoms with Crippen molar-refractivity contribution in [3.05, 3.63) is 64.7 Å². The summed E-state index contributed by atoms with van der Waals surface area (Å²) in [4.78, 5) is 28.9. The molecular weight excluding hydrogens is 416 g/mol. The van der Waals surface area contributed by atoms with Crippen LogP contribution >= 0.6 is 23.4 Å². The first-order valence-electron chi connectivity index (χ1n) is 10.1. The average molecular weight is 447 g/mol. The van der Waals surface area contributed by atoms with E-state index in [4.69, 9.17) is 11.6 Å². The van der Waals surface area contributed by atoms with E-state index < -0.39 is 6.04 Å². The number of nitrogens with one attached hydrogen (secondary N) is 1. The Balaban J connectivity index is 2.21. The molecule has 0 unspecified atom stereocenters. The largest absolute Gasteiger partial charge is 0.350 e. The molecular formula is C24H31ClN2O2S. The second kappa shape index (κ2) is 10.9. The first-order chi connectivity index (χ1) is 14.1. The van der Waals surface area contributed by atoms with E-state index in [1.165, 1.54) is 11.8 Å². The van der Waals surface area contributed by atoms with Crippen LogP contribution in [0.2, 0.25) is 5.02 Å². The first-order valence-corrected chi connectivity index (χ1v) is 11.5. The highest BCUT2D eigenvalue weighted by Gasteiger charge is 2.30. The second-order valence-electron chi connectivity index (χ2n) is 8.41.